The van der Waals surface area contributed by atoms with Crippen LogP contribution in [0, 0.1) is 0 Å². The van der Waals surface area contributed by atoms with Crippen molar-refractivity contribution >= 4 is 69.8 Å². The smallest absolute Gasteiger partial charge is 0.0413 e. The van der Waals surface area contributed by atoms with Crippen LogP contribution < -0.4 is 0 Å². The number of hydrogen-bond donors (Lipinski definition) is 0. The number of benzene rings is 3. The van der Waals surface area contributed by atoms with Gasteiger partial charge in [-0.05, 0) is 35.0 Å². The average molecular weight is 348 g/mol. The number of rotatable bonds is 0. The standard InChI is InChI=1S/C16H8BrClS/c17-13-8-15-16(11-4-2-1-3-10(11)13)12-7-9(18)5-6-14(12)19-15/h1-8H. The minimum Gasteiger partial charge on any atom is -0.135 e. The molecule has 0 saturated heterocycles. The summed E-state index contributed by atoms with van der Waals surface area (Å²) in [4.78, 5) is 0. The Labute approximate surface area is 127 Å². The molecule has 0 spiro atoms. The molecular weight excluding hydrogens is 340 g/mol. The van der Waals surface area contributed by atoms with Crippen LogP contribution in [0.1, 0.15) is 0 Å². The third-order valence-electron chi connectivity index (χ3n) is 3.39. The summed E-state index contributed by atoms with van der Waals surface area (Å²) in [5, 5.41) is 5.87. The second-order valence-electron chi connectivity index (χ2n) is 4.52. The lowest BCUT2D eigenvalue weighted by molar-refractivity contribution is 1.78. The summed E-state index contributed by atoms with van der Waals surface area (Å²) in [7, 11) is 0. The van der Waals surface area contributed by atoms with Gasteiger partial charge in [-0.3, -0.25) is 0 Å². The second-order valence-corrected chi connectivity index (χ2v) is 6.89. The van der Waals surface area contributed by atoms with Gasteiger partial charge >= 0.3 is 0 Å². The minimum absolute atomic E-state index is 0.791. The van der Waals surface area contributed by atoms with Gasteiger partial charge in [0.1, 0.15) is 0 Å². The highest BCUT2D eigenvalue weighted by Gasteiger charge is 2.11. The normalized spacial score (nSPS) is 11.7. The largest absolute Gasteiger partial charge is 0.135 e. The molecule has 3 heteroatoms. The second kappa shape index (κ2) is 4.20. The number of halogens is 2. The highest BCUT2D eigenvalue weighted by Crippen LogP contribution is 2.41. The Morgan fingerprint density at radius 2 is 1.63 bits per heavy atom. The predicted octanol–water partition coefficient (Wildman–Crippen LogP) is 6.62. The van der Waals surface area contributed by atoms with Crippen molar-refractivity contribution in [1.82, 2.24) is 0 Å². The van der Waals surface area contributed by atoms with Crippen molar-refractivity contribution in [1.29, 1.82) is 0 Å². The van der Waals surface area contributed by atoms with Crippen LogP contribution in [0.4, 0.5) is 0 Å². The maximum Gasteiger partial charge on any atom is 0.0413 e. The van der Waals surface area contributed by atoms with E-state index in [4.69, 9.17) is 11.6 Å². The summed E-state index contributed by atoms with van der Waals surface area (Å²) in [6, 6.07) is 16.8. The van der Waals surface area contributed by atoms with Gasteiger partial charge in [-0.15, -0.1) is 11.3 Å². The topological polar surface area (TPSA) is 0 Å². The van der Waals surface area contributed by atoms with Crippen LogP contribution >= 0.6 is 38.9 Å². The van der Waals surface area contributed by atoms with E-state index in [2.05, 4.69) is 58.4 Å². The van der Waals surface area contributed by atoms with Crippen molar-refractivity contribution in [3.8, 4) is 0 Å². The van der Waals surface area contributed by atoms with Crippen LogP contribution in [0.25, 0.3) is 30.9 Å². The quantitative estimate of drug-likeness (QED) is 0.335. The summed E-state index contributed by atoms with van der Waals surface area (Å²) in [5.74, 6) is 0. The van der Waals surface area contributed by atoms with Gasteiger partial charge in [0.25, 0.3) is 0 Å². The first-order valence-corrected chi connectivity index (χ1v) is 7.92. The van der Waals surface area contributed by atoms with Crippen molar-refractivity contribution < 1.29 is 0 Å². The van der Waals surface area contributed by atoms with E-state index < -0.39 is 0 Å². The molecule has 3 aromatic carbocycles. The highest BCUT2D eigenvalue weighted by atomic mass is 79.9. The fourth-order valence-electron chi connectivity index (χ4n) is 2.57. The van der Waals surface area contributed by atoms with Gasteiger partial charge in [0.15, 0.2) is 0 Å². The van der Waals surface area contributed by atoms with Gasteiger partial charge in [-0.2, -0.15) is 0 Å². The molecule has 0 atom stereocenters. The Morgan fingerprint density at radius 1 is 0.842 bits per heavy atom. The summed E-state index contributed by atoms with van der Waals surface area (Å²) in [6.07, 6.45) is 0. The predicted molar refractivity (Wildman–Crippen MR) is 89.5 cm³/mol. The summed E-state index contributed by atoms with van der Waals surface area (Å²) in [6.45, 7) is 0. The molecule has 0 N–H and O–H groups in total. The maximum absolute atomic E-state index is 6.15. The van der Waals surface area contributed by atoms with Gasteiger partial charge in [-0.1, -0.05) is 51.8 Å². The molecular formula is C16H8BrClS. The molecule has 92 valence electrons. The van der Waals surface area contributed by atoms with Gasteiger partial charge in [0.05, 0.1) is 0 Å². The number of hydrogen-bond acceptors (Lipinski definition) is 1. The molecule has 0 aliphatic rings. The molecule has 0 aliphatic carbocycles. The Balaban J connectivity index is 2.36. The fraction of sp³-hybridized carbons (Fsp3) is 0. The Bertz CT molecular complexity index is 940. The first kappa shape index (κ1) is 11.7. The lowest BCUT2D eigenvalue weighted by Gasteiger charge is -2.03. The molecule has 0 amide bonds. The van der Waals surface area contributed by atoms with Gasteiger partial charge in [-0.25, -0.2) is 0 Å². The molecule has 1 heterocycles. The van der Waals surface area contributed by atoms with E-state index in [0.717, 1.165) is 9.50 Å². The molecule has 0 radical (unpaired) electrons. The molecule has 4 rings (SSSR count). The SMILES string of the molecule is Clc1ccc2sc3cc(Br)c4ccccc4c3c2c1. The summed E-state index contributed by atoms with van der Waals surface area (Å²) < 4.78 is 3.72. The van der Waals surface area contributed by atoms with Crippen LogP contribution in [0.2, 0.25) is 5.02 Å². The first-order valence-electron chi connectivity index (χ1n) is 5.93. The van der Waals surface area contributed by atoms with E-state index in [9.17, 15) is 0 Å². The lowest BCUT2D eigenvalue weighted by atomic mass is 10.0. The van der Waals surface area contributed by atoms with Crippen LogP contribution in [0.15, 0.2) is 53.0 Å². The van der Waals surface area contributed by atoms with Crippen molar-refractivity contribution in [3.05, 3.63) is 58.0 Å². The molecule has 0 unspecified atom stereocenters. The zero-order valence-corrected chi connectivity index (χ0v) is 12.9. The Morgan fingerprint density at radius 3 is 2.47 bits per heavy atom. The van der Waals surface area contributed by atoms with Crippen molar-refractivity contribution in [3.63, 3.8) is 0 Å². The Hall–Kier alpha value is -1.09. The molecule has 4 aromatic rings. The van der Waals surface area contributed by atoms with Crippen molar-refractivity contribution in [2.24, 2.45) is 0 Å². The molecule has 1 aromatic heterocycles. The van der Waals surface area contributed by atoms with Crippen molar-refractivity contribution in [2.75, 3.05) is 0 Å². The zero-order chi connectivity index (χ0) is 13.0. The zero-order valence-electron chi connectivity index (χ0n) is 9.78. The van der Waals surface area contributed by atoms with Crippen LogP contribution in [0.5, 0.6) is 0 Å². The van der Waals surface area contributed by atoms with Crippen LogP contribution in [-0.4, -0.2) is 0 Å². The van der Waals surface area contributed by atoms with E-state index in [0.29, 0.717) is 0 Å². The minimum atomic E-state index is 0.791. The Kier molecular flexibility index (Phi) is 2.59. The maximum atomic E-state index is 6.15. The first-order chi connectivity index (χ1) is 9.24. The van der Waals surface area contributed by atoms with E-state index in [-0.39, 0.29) is 0 Å². The van der Waals surface area contributed by atoms with Gasteiger partial charge in [0, 0.05) is 29.7 Å². The van der Waals surface area contributed by atoms with E-state index in [1.165, 1.54) is 30.9 Å². The summed E-state index contributed by atoms with van der Waals surface area (Å²) in [5.41, 5.74) is 0. The van der Waals surface area contributed by atoms with E-state index in [1.54, 1.807) is 0 Å². The molecule has 0 aliphatic heterocycles. The van der Waals surface area contributed by atoms with E-state index in [1.807, 2.05) is 17.4 Å². The molecule has 0 saturated carbocycles. The molecule has 0 fully saturated rings. The third kappa shape index (κ3) is 1.71. The third-order valence-corrected chi connectivity index (χ3v) is 5.40. The number of fused-ring (bicyclic) bond motifs is 5. The molecule has 0 nitrogen and oxygen atoms in total. The van der Waals surface area contributed by atoms with E-state index >= 15 is 0 Å². The van der Waals surface area contributed by atoms with Gasteiger partial charge in [0.2, 0.25) is 0 Å². The van der Waals surface area contributed by atoms with Crippen molar-refractivity contribution in [2.45, 2.75) is 0 Å². The molecule has 19 heavy (non-hydrogen) atoms. The van der Waals surface area contributed by atoms with Crippen LogP contribution in [-0.2, 0) is 0 Å². The lowest BCUT2D eigenvalue weighted by Crippen LogP contribution is -1.76. The summed E-state index contributed by atoms with van der Waals surface area (Å²) >= 11 is 11.6. The monoisotopic (exact) mass is 346 g/mol. The molecule has 0 bridgehead atoms. The fourth-order valence-corrected chi connectivity index (χ4v) is 4.61. The van der Waals surface area contributed by atoms with Crippen LogP contribution in [0.3, 0.4) is 0 Å². The highest BCUT2D eigenvalue weighted by molar-refractivity contribution is 9.10. The average Bonchev–Trinajstić information content (AvgIpc) is 2.76. The van der Waals surface area contributed by atoms with Gasteiger partial charge < -0.3 is 0 Å². The number of thiophene rings is 1.